The van der Waals surface area contributed by atoms with Crippen molar-refractivity contribution in [1.82, 2.24) is 19.9 Å². The Balaban J connectivity index is 1.12. The van der Waals surface area contributed by atoms with E-state index in [2.05, 4.69) is 77.8 Å². The van der Waals surface area contributed by atoms with Gasteiger partial charge in [-0.3, -0.25) is 4.98 Å². The molecule has 0 bridgehead atoms. The van der Waals surface area contributed by atoms with Crippen LogP contribution in [0, 0.1) is 0 Å². The van der Waals surface area contributed by atoms with E-state index in [4.69, 9.17) is 23.8 Å². The summed E-state index contributed by atoms with van der Waals surface area (Å²) in [5.74, 6) is 1.73. The van der Waals surface area contributed by atoms with Gasteiger partial charge in [0.1, 0.15) is 16.7 Å². The van der Waals surface area contributed by atoms with Crippen LogP contribution in [0.4, 0.5) is 0 Å². The van der Waals surface area contributed by atoms with E-state index < -0.39 is 0 Å². The molecule has 0 atom stereocenters. The minimum absolute atomic E-state index is 0.537. The van der Waals surface area contributed by atoms with Crippen molar-refractivity contribution < 1.29 is 8.83 Å². The summed E-state index contributed by atoms with van der Waals surface area (Å²) < 4.78 is 12.8. The highest BCUT2D eigenvalue weighted by molar-refractivity contribution is 6.19. The SMILES string of the molecule is c1ccc(-c2nc(-c3ccccc3)nc(-c3cncc4oc5cc(-c6ccc7c(c6)oc6ccc8ccccc8c67)ccc5c34)n2)cc1. The van der Waals surface area contributed by atoms with Gasteiger partial charge in [0.15, 0.2) is 23.1 Å². The van der Waals surface area contributed by atoms with Crippen LogP contribution in [0.5, 0.6) is 0 Å². The summed E-state index contributed by atoms with van der Waals surface area (Å²) in [4.78, 5) is 19.3. The molecule has 6 heteroatoms. The average molecular weight is 617 g/mol. The molecule has 0 fully saturated rings. The van der Waals surface area contributed by atoms with Gasteiger partial charge < -0.3 is 8.83 Å². The number of hydrogen-bond acceptors (Lipinski definition) is 6. The Hall–Kier alpha value is -6.66. The van der Waals surface area contributed by atoms with Gasteiger partial charge in [0.25, 0.3) is 0 Å². The average Bonchev–Trinajstić information content (AvgIpc) is 3.73. The number of hydrogen-bond donors (Lipinski definition) is 0. The summed E-state index contributed by atoms with van der Waals surface area (Å²) in [5.41, 5.74) is 7.85. The monoisotopic (exact) mass is 616 g/mol. The first-order valence-electron chi connectivity index (χ1n) is 15.8. The van der Waals surface area contributed by atoms with Crippen molar-refractivity contribution in [3.8, 4) is 45.3 Å². The Bertz CT molecular complexity index is 2780. The molecule has 0 saturated heterocycles. The molecule has 6 nitrogen and oxygen atoms in total. The zero-order valence-electron chi connectivity index (χ0n) is 25.5. The Morgan fingerprint density at radius 3 is 1.65 bits per heavy atom. The molecule has 0 aliphatic rings. The van der Waals surface area contributed by atoms with Crippen LogP contribution in [0.25, 0.3) is 99.9 Å². The molecule has 0 spiro atoms. The normalized spacial score (nSPS) is 11.8. The minimum Gasteiger partial charge on any atom is -0.456 e. The molecular formula is C42H24N4O2. The van der Waals surface area contributed by atoms with Gasteiger partial charge in [0, 0.05) is 44.4 Å². The number of furan rings is 2. The number of rotatable bonds is 4. The van der Waals surface area contributed by atoms with Gasteiger partial charge in [0.05, 0.1) is 6.20 Å². The van der Waals surface area contributed by atoms with Crippen molar-refractivity contribution in [2.45, 2.75) is 0 Å². The fraction of sp³-hybridized carbons (Fsp3) is 0. The third-order valence-electron chi connectivity index (χ3n) is 9.02. The molecular weight excluding hydrogens is 592 g/mol. The van der Waals surface area contributed by atoms with Gasteiger partial charge in [-0.15, -0.1) is 0 Å². The molecule has 4 aromatic heterocycles. The smallest absolute Gasteiger partial charge is 0.166 e. The van der Waals surface area contributed by atoms with Gasteiger partial charge in [-0.05, 0) is 52.2 Å². The van der Waals surface area contributed by atoms with Gasteiger partial charge in [-0.1, -0.05) is 103 Å². The van der Waals surface area contributed by atoms with Crippen LogP contribution < -0.4 is 0 Å². The third kappa shape index (κ3) is 4.20. The summed E-state index contributed by atoms with van der Waals surface area (Å²) >= 11 is 0. The number of nitrogens with zero attached hydrogens (tertiary/aromatic N) is 4. The van der Waals surface area contributed by atoms with Gasteiger partial charge in [-0.25, -0.2) is 15.0 Å². The molecule has 0 unspecified atom stereocenters. The summed E-state index contributed by atoms with van der Waals surface area (Å²) in [6.45, 7) is 0. The van der Waals surface area contributed by atoms with Crippen molar-refractivity contribution in [3.05, 3.63) is 146 Å². The molecule has 48 heavy (non-hydrogen) atoms. The highest BCUT2D eigenvalue weighted by Gasteiger charge is 2.19. The van der Waals surface area contributed by atoms with E-state index >= 15 is 0 Å². The second kappa shape index (κ2) is 10.4. The number of pyridine rings is 1. The first-order chi connectivity index (χ1) is 23.8. The zero-order valence-corrected chi connectivity index (χ0v) is 25.5. The second-order valence-electron chi connectivity index (χ2n) is 11.9. The molecule has 0 N–H and O–H groups in total. The molecule has 0 radical (unpaired) electrons. The summed E-state index contributed by atoms with van der Waals surface area (Å²) in [6.07, 6.45) is 3.56. The van der Waals surface area contributed by atoms with Gasteiger partial charge >= 0.3 is 0 Å². The van der Waals surface area contributed by atoms with Crippen molar-refractivity contribution in [3.63, 3.8) is 0 Å². The molecule has 224 valence electrons. The van der Waals surface area contributed by atoms with E-state index in [0.29, 0.717) is 23.1 Å². The molecule has 10 aromatic rings. The quantitative estimate of drug-likeness (QED) is 0.196. The maximum absolute atomic E-state index is 6.43. The highest BCUT2D eigenvalue weighted by Crippen LogP contribution is 2.40. The molecule has 4 heterocycles. The lowest BCUT2D eigenvalue weighted by molar-refractivity contribution is 0.666. The Labute approximate surface area is 274 Å². The topological polar surface area (TPSA) is 77.8 Å². The van der Waals surface area contributed by atoms with Crippen LogP contribution in [-0.2, 0) is 0 Å². The summed E-state index contributed by atoms with van der Waals surface area (Å²) in [5, 5.41) is 6.52. The van der Waals surface area contributed by atoms with Crippen molar-refractivity contribution in [2.24, 2.45) is 0 Å². The lowest BCUT2D eigenvalue weighted by Gasteiger charge is -2.09. The van der Waals surface area contributed by atoms with Crippen LogP contribution in [0.15, 0.2) is 155 Å². The number of benzene rings is 6. The van der Waals surface area contributed by atoms with Gasteiger partial charge in [0.2, 0.25) is 0 Å². The summed E-state index contributed by atoms with van der Waals surface area (Å²) in [6, 6.07) is 45.3. The zero-order chi connectivity index (χ0) is 31.6. The van der Waals surface area contributed by atoms with Crippen molar-refractivity contribution in [1.29, 1.82) is 0 Å². The van der Waals surface area contributed by atoms with E-state index in [1.165, 1.54) is 10.8 Å². The van der Waals surface area contributed by atoms with E-state index in [1.54, 1.807) is 6.20 Å². The van der Waals surface area contributed by atoms with Crippen molar-refractivity contribution >= 4 is 54.6 Å². The second-order valence-corrected chi connectivity index (χ2v) is 11.9. The Morgan fingerprint density at radius 1 is 0.375 bits per heavy atom. The first-order valence-corrected chi connectivity index (χ1v) is 15.8. The molecule has 6 aromatic carbocycles. The predicted molar refractivity (Wildman–Crippen MR) is 191 cm³/mol. The Morgan fingerprint density at radius 2 is 0.958 bits per heavy atom. The fourth-order valence-corrected chi connectivity index (χ4v) is 6.73. The van der Waals surface area contributed by atoms with E-state index in [0.717, 1.165) is 66.1 Å². The third-order valence-corrected chi connectivity index (χ3v) is 9.02. The standard InChI is InChI=1S/C42H24N4O2/c1-3-10-26(11-4-1)40-44-41(27-12-5-2-6-13-27)46-42(45-40)33-23-43-24-37-39(33)32-19-16-29(22-36(32)48-37)28-15-18-31-35(21-28)47-34-20-17-25-9-7-8-14-30(25)38(31)34/h1-24H. The highest BCUT2D eigenvalue weighted by atomic mass is 16.3. The summed E-state index contributed by atoms with van der Waals surface area (Å²) in [7, 11) is 0. The lowest BCUT2D eigenvalue weighted by Crippen LogP contribution is -2.00. The van der Waals surface area contributed by atoms with E-state index in [-0.39, 0.29) is 0 Å². The minimum atomic E-state index is 0.537. The predicted octanol–water partition coefficient (Wildman–Crippen LogP) is 10.9. The largest absolute Gasteiger partial charge is 0.456 e. The lowest BCUT2D eigenvalue weighted by atomic mass is 10.00. The van der Waals surface area contributed by atoms with Crippen LogP contribution in [0.3, 0.4) is 0 Å². The maximum Gasteiger partial charge on any atom is 0.166 e. The first kappa shape index (κ1) is 26.5. The van der Waals surface area contributed by atoms with Crippen LogP contribution in [0.2, 0.25) is 0 Å². The van der Waals surface area contributed by atoms with Gasteiger partial charge in [-0.2, -0.15) is 0 Å². The fourth-order valence-electron chi connectivity index (χ4n) is 6.73. The van der Waals surface area contributed by atoms with E-state index in [1.807, 2.05) is 66.9 Å². The van der Waals surface area contributed by atoms with E-state index in [9.17, 15) is 0 Å². The van der Waals surface area contributed by atoms with Crippen molar-refractivity contribution in [2.75, 3.05) is 0 Å². The van der Waals surface area contributed by atoms with Crippen LogP contribution >= 0.6 is 0 Å². The molecule has 0 saturated carbocycles. The molecule has 0 aliphatic heterocycles. The maximum atomic E-state index is 6.43. The Kier molecular flexibility index (Phi) is 5.77. The molecule has 0 aliphatic carbocycles. The molecule has 10 rings (SSSR count). The number of aromatic nitrogens is 4. The van der Waals surface area contributed by atoms with Crippen LogP contribution in [-0.4, -0.2) is 19.9 Å². The molecule has 0 amide bonds. The number of fused-ring (bicyclic) bond motifs is 8. The van der Waals surface area contributed by atoms with Crippen LogP contribution in [0.1, 0.15) is 0 Å².